The Labute approximate surface area is 188 Å². The molecule has 1 aromatic carbocycles. The molecule has 4 rings (SSSR count). The van der Waals surface area contributed by atoms with E-state index in [1.807, 2.05) is 14.1 Å². The molecule has 0 atom stereocenters. The topological polar surface area (TPSA) is 101 Å². The van der Waals surface area contributed by atoms with Crippen LogP contribution in [0.5, 0.6) is 0 Å². The second-order valence-corrected chi connectivity index (χ2v) is 8.81. The Morgan fingerprint density at radius 3 is 2.62 bits per heavy atom. The molecule has 2 aromatic heterocycles. The molecule has 4 N–H and O–H groups in total. The van der Waals surface area contributed by atoms with Gasteiger partial charge in [0.05, 0.1) is 11.8 Å². The number of aromatic nitrogens is 3. The molecule has 170 valence electrons. The maximum Gasteiger partial charge on any atom is 0.277 e. The molecule has 1 amide bonds. The number of nitrogens with one attached hydrogen (secondary N) is 2. The van der Waals surface area contributed by atoms with Crippen LogP contribution < -0.4 is 21.3 Å². The van der Waals surface area contributed by atoms with Crippen molar-refractivity contribution in [2.45, 2.75) is 12.8 Å². The van der Waals surface area contributed by atoms with Gasteiger partial charge in [-0.15, -0.1) is 0 Å². The molecule has 0 bridgehead atoms. The zero-order valence-electron chi connectivity index (χ0n) is 17.9. The summed E-state index contributed by atoms with van der Waals surface area (Å²) >= 11 is 0.866. The van der Waals surface area contributed by atoms with E-state index in [1.54, 1.807) is 10.9 Å². The van der Waals surface area contributed by atoms with Gasteiger partial charge in [0.15, 0.2) is 11.5 Å². The fourth-order valence-corrected chi connectivity index (χ4v) is 4.89. The Morgan fingerprint density at radius 2 is 1.97 bits per heavy atom. The number of rotatable bonds is 6. The highest BCUT2D eigenvalue weighted by molar-refractivity contribution is 7.19. The van der Waals surface area contributed by atoms with Gasteiger partial charge in [-0.2, -0.15) is 5.10 Å². The van der Waals surface area contributed by atoms with Crippen LogP contribution in [-0.2, 0) is 7.05 Å². The molecule has 0 spiro atoms. The van der Waals surface area contributed by atoms with E-state index in [4.69, 9.17) is 5.73 Å². The number of anilines is 3. The normalized spacial score (nSPS) is 14.7. The summed E-state index contributed by atoms with van der Waals surface area (Å²) in [6.45, 7) is 2.69. The molecule has 32 heavy (non-hydrogen) atoms. The van der Waals surface area contributed by atoms with E-state index in [-0.39, 0.29) is 21.3 Å². The molecular weight excluding hydrogens is 436 g/mol. The fourth-order valence-electron chi connectivity index (χ4n) is 4.02. The number of hydrogen-bond donors (Lipinski definition) is 3. The Hall–Kier alpha value is -3.05. The van der Waals surface area contributed by atoms with Crippen molar-refractivity contribution in [3.05, 3.63) is 41.7 Å². The molecular formula is C21H25F2N7OS. The van der Waals surface area contributed by atoms with E-state index in [2.05, 4.69) is 25.6 Å². The number of carbonyl (C=O) groups is 1. The number of thiazole rings is 1. The number of hydrogen-bond acceptors (Lipinski definition) is 7. The third-order valence-corrected chi connectivity index (χ3v) is 6.51. The second-order valence-electron chi connectivity index (χ2n) is 7.78. The van der Waals surface area contributed by atoms with Crippen LogP contribution in [-0.4, -0.2) is 47.4 Å². The van der Waals surface area contributed by atoms with E-state index in [0.717, 1.165) is 61.8 Å². The van der Waals surface area contributed by atoms with Crippen LogP contribution in [0.15, 0.2) is 24.4 Å². The fraction of sp³-hybridized carbons (Fsp3) is 0.381. The summed E-state index contributed by atoms with van der Waals surface area (Å²) < 4.78 is 30.0. The molecule has 0 aliphatic carbocycles. The van der Waals surface area contributed by atoms with Gasteiger partial charge in [-0.3, -0.25) is 9.48 Å². The summed E-state index contributed by atoms with van der Waals surface area (Å²) in [6.07, 6.45) is 3.65. The highest BCUT2D eigenvalue weighted by atomic mass is 32.1. The van der Waals surface area contributed by atoms with Crippen LogP contribution in [0, 0.1) is 17.6 Å². The highest BCUT2D eigenvalue weighted by Crippen LogP contribution is 2.35. The molecule has 1 saturated heterocycles. The molecule has 3 aromatic rings. The van der Waals surface area contributed by atoms with Gasteiger partial charge in [0, 0.05) is 20.1 Å². The molecule has 1 aliphatic heterocycles. The minimum absolute atomic E-state index is 0.0151. The van der Waals surface area contributed by atoms with Crippen molar-refractivity contribution >= 4 is 33.8 Å². The van der Waals surface area contributed by atoms with Gasteiger partial charge >= 0.3 is 0 Å². The van der Waals surface area contributed by atoms with E-state index < -0.39 is 17.5 Å². The minimum Gasteiger partial charge on any atom is -0.389 e. The molecule has 0 unspecified atom stereocenters. The predicted molar refractivity (Wildman–Crippen MR) is 122 cm³/mol. The minimum atomic E-state index is -0.762. The van der Waals surface area contributed by atoms with Gasteiger partial charge in [-0.25, -0.2) is 13.8 Å². The maximum absolute atomic E-state index is 14.1. The van der Waals surface area contributed by atoms with Gasteiger partial charge in [0.1, 0.15) is 27.3 Å². The van der Waals surface area contributed by atoms with E-state index in [0.29, 0.717) is 11.6 Å². The van der Waals surface area contributed by atoms with Crippen molar-refractivity contribution in [1.29, 1.82) is 0 Å². The molecule has 0 saturated carbocycles. The van der Waals surface area contributed by atoms with Gasteiger partial charge in [-0.05, 0) is 44.5 Å². The summed E-state index contributed by atoms with van der Waals surface area (Å²) in [6, 6.07) is 3.54. The number of amides is 1. The van der Waals surface area contributed by atoms with E-state index in [1.165, 1.54) is 6.07 Å². The van der Waals surface area contributed by atoms with Crippen molar-refractivity contribution < 1.29 is 13.6 Å². The number of nitrogen functional groups attached to an aromatic ring is 1. The predicted octanol–water partition coefficient (Wildman–Crippen LogP) is 3.09. The molecule has 1 fully saturated rings. The first-order valence-electron chi connectivity index (χ1n) is 10.3. The van der Waals surface area contributed by atoms with Gasteiger partial charge in [0.2, 0.25) is 0 Å². The lowest BCUT2D eigenvalue weighted by Crippen LogP contribution is -2.38. The third kappa shape index (κ3) is 4.30. The van der Waals surface area contributed by atoms with Crippen molar-refractivity contribution in [2.24, 2.45) is 13.0 Å². The quantitative estimate of drug-likeness (QED) is 0.522. The van der Waals surface area contributed by atoms with Crippen molar-refractivity contribution in [3.8, 4) is 10.6 Å². The smallest absolute Gasteiger partial charge is 0.277 e. The van der Waals surface area contributed by atoms with Crippen LogP contribution in [0.2, 0.25) is 0 Å². The zero-order valence-corrected chi connectivity index (χ0v) is 18.7. The van der Waals surface area contributed by atoms with E-state index in [9.17, 15) is 13.6 Å². The Morgan fingerprint density at radius 1 is 1.28 bits per heavy atom. The third-order valence-electron chi connectivity index (χ3n) is 5.61. The van der Waals surface area contributed by atoms with Crippen molar-refractivity contribution in [3.63, 3.8) is 0 Å². The number of halogens is 2. The Bertz CT molecular complexity index is 1100. The number of benzene rings is 1. The molecule has 1 aliphatic rings. The summed E-state index contributed by atoms with van der Waals surface area (Å²) in [4.78, 5) is 19.3. The monoisotopic (exact) mass is 461 g/mol. The van der Waals surface area contributed by atoms with Gasteiger partial charge in [0.25, 0.3) is 5.91 Å². The summed E-state index contributed by atoms with van der Waals surface area (Å²) in [5.41, 5.74) is 6.14. The largest absolute Gasteiger partial charge is 0.389 e. The lowest BCUT2D eigenvalue weighted by Gasteiger charge is -2.33. The number of carbonyl (C=O) groups excluding carboxylic acids is 1. The highest BCUT2D eigenvalue weighted by Gasteiger charge is 2.26. The molecule has 0 radical (unpaired) electrons. The second kappa shape index (κ2) is 9.21. The maximum atomic E-state index is 14.1. The molecule has 8 nitrogen and oxygen atoms in total. The summed E-state index contributed by atoms with van der Waals surface area (Å²) in [7, 11) is 3.78. The Kier molecular flexibility index (Phi) is 6.38. The van der Waals surface area contributed by atoms with Crippen molar-refractivity contribution in [2.75, 3.05) is 42.6 Å². The van der Waals surface area contributed by atoms with Crippen LogP contribution in [0.1, 0.15) is 23.3 Å². The van der Waals surface area contributed by atoms with E-state index >= 15 is 0 Å². The summed E-state index contributed by atoms with van der Waals surface area (Å²) in [5, 5.41) is 10.4. The zero-order chi connectivity index (χ0) is 22.8. The lowest BCUT2D eigenvalue weighted by molar-refractivity contribution is 0.102. The van der Waals surface area contributed by atoms with Crippen LogP contribution in [0.3, 0.4) is 0 Å². The van der Waals surface area contributed by atoms with Crippen LogP contribution >= 0.6 is 11.3 Å². The van der Waals surface area contributed by atoms with Crippen LogP contribution in [0.25, 0.3) is 10.6 Å². The molecule has 11 heteroatoms. The SMILES string of the molecule is CNCC1CCN(c2c(NC(=O)c3nc(-c4c(F)cccc4F)sc3N)cnn2C)CC1. The lowest BCUT2D eigenvalue weighted by atomic mass is 9.97. The number of aryl methyl sites for hydroxylation is 1. The Balaban J connectivity index is 1.54. The first-order valence-corrected chi connectivity index (χ1v) is 11.1. The summed E-state index contributed by atoms with van der Waals surface area (Å²) in [5.74, 6) is -0.658. The standard InChI is InChI=1S/C21H25F2N7OS/c1-25-10-12-6-8-30(9-7-12)21-15(11-26-29(21)2)27-19(31)17-18(24)32-20(28-17)16-13(22)4-3-5-14(16)23/h3-5,11-12,25H,6-10,24H2,1-2H3,(H,27,31). The van der Waals surface area contributed by atoms with Gasteiger partial charge in [-0.1, -0.05) is 17.4 Å². The van der Waals surface area contributed by atoms with Crippen LogP contribution in [0.4, 0.5) is 25.3 Å². The average molecular weight is 462 g/mol. The first-order chi connectivity index (χ1) is 15.4. The first kappa shape index (κ1) is 22.2. The number of nitrogens with zero attached hydrogens (tertiary/aromatic N) is 4. The average Bonchev–Trinajstić information content (AvgIpc) is 3.31. The van der Waals surface area contributed by atoms with Crippen molar-refractivity contribution in [1.82, 2.24) is 20.1 Å². The van der Waals surface area contributed by atoms with Gasteiger partial charge < -0.3 is 21.3 Å². The number of piperidine rings is 1. The number of nitrogens with two attached hydrogens (primary N) is 1. The molecule has 3 heterocycles.